The van der Waals surface area contributed by atoms with Gasteiger partial charge in [-0.25, -0.2) is 0 Å². The van der Waals surface area contributed by atoms with Crippen LogP contribution in [0.5, 0.6) is 0 Å². The predicted octanol–water partition coefficient (Wildman–Crippen LogP) is 4.77. The first-order valence-electron chi connectivity index (χ1n) is 8.07. The van der Waals surface area contributed by atoms with Gasteiger partial charge in [-0.05, 0) is 69.9 Å². The van der Waals surface area contributed by atoms with E-state index in [2.05, 4.69) is 19.2 Å². The molecule has 1 N–H and O–H groups in total. The molecule has 0 spiro atoms. The zero-order chi connectivity index (χ0) is 16.9. The molecule has 0 amide bonds. The molecule has 122 valence electrons. The summed E-state index contributed by atoms with van der Waals surface area (Å²) < 4.78 is 0. The lowest BCUT2D eigenvalue weighted by Gasteiger charge is -2.24. The fraction of sp³-hybridized carbons (Fsp3) is 0.550. The highest BCUT2D eigenvalue weighted by molar-refractivity contribution is 5.95. The molecule has 0 radical (unpaired) electrons. The van der Waals surface area contributed by atoms with Gasteiger partial charge in [-0.15, -0.1) is 0 Å². The normalized spacial score (nSPS) is 28.0. The number of aliphatic hydroxyl groups is 1. The van der Waals surface area contributed by atoms with Crippen molar-refractivity contribution in [3.63, 3.8) is 0 Å². The van der Waals surface area contributed by atoms with E-state index in [0.29, 0.717) is 18.3 Å². The van der Waals surface area contributed by atoms with Crippen LogP contribution in [0.3, 0.4) is 0 Å². The third kappa shape index (κ3) is 5.42. The van der Waals surface area contributed by atoms with Crippen LogP contribution in [0.25, 0.3) is 0 Å². The molecule has 0 fully saturated rings. The maximum Gasteiger partial charge on any atom is 0.158 e. The van der Waals surface area contributed by atoms with Crippen molar-refractivity contribution < 1.29 is 9.90 Å². The number of aliphatic hydroxyl groups excluding tert-OH is 1. The Kier molecular flexibility index (Phi) is 7.02. The highest BCUT2D eigenvalue weighted by atomic mass is 16.3. The van der Waals surface area contributed by atoms with Crippen molar-refractivity contribution in [1.29, 1.82) is 0 Å². The van der Waals surface area contributed by atoms with E-state index in [4.69, 9.17) is 0 Å². The molecular weight excluding hydrogens is 272 g/mol. The van der Waals surface area contributed by atoms with Crippen molar-refractivity contribution >= 4 is 5.78 Å². The largest absolute Gasteiger partial charge is 0.389 e. The van der Waals surface area contributed by atoms with E-state index in [1.165, 1.54) is 5.57 Å². The van der Waals surface area contributed by atoms with Crippen LogP contribution in [0.1, 0.15) is 53.4 Å². The fourth-order valence-electron chi connectivity index (χ4n) is 2.69. The summed E-state index contributed by atoms with van der Waals surface area (Å²) in [6.45, 7) is 15.7. The summed E-state index contributed by atoms with van der Waals surface area (Å²) in [6, 6.07) is 0. The number of carbonyl (C=O) groups excluding carboxylic acids is 1. The predicted molar refractivity (Wildman–Crippen MR) is 93.6 cm³/mol. The van der Waals surface area contributed by atoms with Crippen LogP contribution in [0.15, 0.2) is 47.6 Å². The second kappa shape index (κ2) is 8.28. The quantitative estimate of drug-likeness (QED) is 0.746. The smallest absolute Gasteiger partial charge is 0.158 e. The van der Waals surface area contributed by atoms with E-state index in [0.717, 1.165) is 36.0 Å². The van der Waals surface area contributed by atoms with E-state index < -0.39 is 0 Å². The fourth-order valence-corrected chi connectivity index (χ4v) is 2.69. The summed E-state index contributed by atoms with van der Waals surface area (Å²) >= 11 is 0. The highest BCUT2D eigenvalue weighted by Crippen LogP contribution is 2.28. The van der Waals surface area contributed by atoms with Gasteiger partial charge in [0.1, 0.15) is 0 Å². The molecule has 2 heteroatoms. The minimum absolute atomic E-state index is 0.231. The molecule has 0 aromatic carbocycles. The summed E-state index contributed by atoms with van der Waals surface area (Å²) in [5.41, 5.74) is 4.35. The molecule has 2 nitrogen and oxygen atoms in total. The van der Waals surface area contributed by atoms with Crippen LogP contribution in [0, 0.1) is 11.8 Å². The van der Waals surface area contributed by atoms with E-state index >= 15 is 0 Å². The van der Waals surface area contributed by atoms with Gasteiger partial charge in [0.25, 0.3) is 0 Å². The molecule has 0 heterocycles. The maximum atomic E-state index is 11.2. The number of ketones is 1. The van der Waals surface area contributed by atoms with E-state index in [9.17, 15) is 9.90 Å². The summed E-state index contributed by atoms with van der Waals surface area (Å²) in [7, 11) is 0. The van der Waals surface area contributed by atoms with Crippen molar-refractivity contribution in [1.82, 2.24) is 0 Å². The molecule has 3 unspecified atom stereocenters. The summed E-state index contributed by atoms with van der Waals surface area (Å²) in [6.07, 6.45) is 7.48. The van der Waals surface area contributed by atoms with Gasteiger partial charge in [0, 0.05) is 6.42 Å². The van der Waals surface area contributed by atoms with Gasteiger partial charge in [0.15, 0.2) is 5.78 Å². The lowest BCUT2D eigenvalue weighted by atomic mass is 9.84. The van der Waals surface area contributed by atoms with Crippen LogP contribution in [-0.2, 0) is 4.79 Å². The summed E-state index contributed by atoms with van der Waals surface area (Å²) in [4.78, 5) is 11.2. The van der Waals surface area contributed by atoms with Crippen LogP contribution in [0.4, 0.5) is 0 Å². The maximum absolute atomic E-state index is 11.2. The molecule has 0 saturated heterocycles. The Labute approximate surface area is 135 Å². The molecule has 2 aliphatic rings. The molecule has 3 atom stereocenters. The average molecular weight is 302 g/mol. The zero-order valence-electron chi connectivity index (χ0n) is 14.5. The molecule has 22 heavy (non-hydrogen) atoms. The molecular formula is C20H30O2. The SMILES string of the molecule is C=C(C)C1CC=C(C)C(=O)C1.C=C(C)C1CC=C(C)C(O)C1. The van der Waals surface area contributed by atoms with Crippen LogP contribution < -0.4 is 0 Å². The van der Waals surface area contributed by atoms with E-state index in [1.807, 2.05) is 33.8 Å². The van der Waals surface area contributed by atoms with Crippen molar-refractivity contribution in [3.8, 4) is 0 Å². The lowest BCUT2D eigenvalue weighted by molar-refractivity contribution is -0.116. The first-order valence-corrected chi connectivity index (χ1v) is 8.07. The molecule has 0 bridgehead atoms. The van der Waals surface area contributed by atoms with Gasteiger partial charge in [-0.3, -0.25) is 4.79 Å². The average Bonchev–Trinajstić information content (AvgIpc) is 2.45. The first-order chi connectivity index (χ1) is 10.2. The van der Waals surface area contributed by atoms with Gasteiger partial charge >= 0.3 is 0 Å². The van der Waals surface area contributed by atoms with E-state index in [1.54, 1.807) is 0 Å². The standard InChI is InChI=1S/C10H16O.C10H14O/c2*1-7(2)9-5-4-8(3)10(11)6-9/h4,9-11H,1,5-6H2,2-3H3;4,9H,1,5-6H2,2-3H3. The van der Waals surface area contributed by atoms with Gasteiger partial charge in [0.05, 0.1) is 6.10 Å². The molecule has 0 aromatic heterocycles. The van der Waals surface area contributed by atoms with Crippen molar-refractivity contribution in [3.05, 3.63) is 47.6 Å². The Morgan fingerprint density at radius 1 is 1.09 bits per heavy atom. The zero-order valence-corrected chi connectivity index (χ0v) is 14.5. The van der Waals surface area contributed by atoms with Crippen LogP contribution in [0.2, 0.25) is 0 Å². The minimum Gasteiger partial charge on any atom is -0.389 e. The number of hydrogen-bond acceptors (Lipinski definition) is 2. The van der Waals surface area contributed by atoms with Crippen molar-refractivity contribution in [2.45, 2.75) is 59.5 Å². The summed E-state index contributed by atoms with van der Waals surface area (Å²) in [5, 5.41) is 9.49. The van der Waals surface area contributed by atoms with E-state index in [-0.39, 0.29) is 11.9 Å². The lowest BCUT2D eigenvalue weighted by Crippen LogP contribution is -2.19. The number of allylic oxidation sites excluding steroid dienone is 5. The van der Waals surface area contributed by atoms with Gasteiger partial charge in [0.2, 0.25) is 0 Å². The third-order valence-corrected chi connectivity index (χ3v) is 4.73. The minimum atomic E-state index is -0.231. The monoisotopic (exact) mass is 302 g/mol. The second-order valence-corrected chi connectivity index (χ2v) is 6.77. The number of hydrogen-bond donors (Lipinski definition) is 1. The highest BCUT2D eigenvalue weighted by Gasteiger charge is 2.20. The Morgan fingerprint density at radius 3 is 2.09 bits per heavy atom. The van der Waals surface area contributed by atoms with Crippen LogP contribution >= 0.6 is 0 Å². The Balaban J connectivity index is 0.000000220. The Morgan fingerprint density at radius 2 is 1.64 bits per heavy atom. The topological polar surface area (TPSA) is 37.3 Å². The van der Waals surface area contributed by atoms with Gasteiger partial charge in [-0.1, -0.05) is 36.5 Å². The number of rotatable bonds is 2. The second-order valence-electron chi connectivity index (χ2n) is 6.77. The number of Topliss-reactive ketones (excluding diaryl/α,β-unsaturated/α-hetero) is 1. The van der Waals surface area contributed by atoms with Crippen molar-refractivity contribution in [2.75, 3.05) is 0 Å². The van der Waals surface area contributed by atoms with Crippen LogP contribution in [-0.4, -0.2) is 17.0 Å². The van der Waals surface area contributed by atoms with Gasteiger partial charge in [-0.2, -0.15) is 0 Å². The Bertz CT molecular complexity index is 508. The molecule has 0 saturated carbocycles. The van der Waals surface area contributed by atoms with Gasteiger partial charge < -0.3 is 5.11 Å². The number of carbonyl (C=O) groups is 1. The third-order valence-electron chi connectivity index (χ3n) is 4.73. The van der Waals surface area contributed by atoms with Crippen molar-refractivity contribution in [2.24, 2.45) is 11.8 Å². The molecule has 0 aliphatic heterocycles. The Hall–Kier alpha value is -1.41. The molecule has 2 aliphatic carbocycles. The first kappa shape index (κ1) is 18.6. The summed E-state index contributed by atoms with van der Waals surface area (Å²) in [5.74, 6) is 1.17. The molecule has 0 aromatic rings. The molecule has 2 rings (SSSR count).